The Balaban J connectivity index is 1.54. The first-order chi connectivity index (χ1) is 13.0. The van der Waals surface area contributed by atoms with Gasteiger partial charge in [-0.05, 0) is 30.2 Å². The molecule has 3 rings (SSSR count). The third kappa shape index (κ3) is 5.15. The molecule has 0 fully saturated rings. The molecule has 0 aliphatic rings. The molecule has 0 aliphatic carbocycles. The molecule has 0 unspecified atom stereocenters. The minimum absolute atomic E-state index is 0.102. The zero-order chi connectivity index (χ0) is 19.2. The van der Waals surface area contributed by atoms with Gasteiger partial charge in [0.15, 0.2) is 0 Å². The Labute approximate surface area is 166 Å². The Hall–Kier alpha value is -2.70. The van der Waals surface area contributed by atoms with Crippen molar-refractivity contribution in [3.05, 3.63) is 70.2 Å². The van der Waals surface area contributed by atoms with E-state index in [1.165, 1.54) is 18.3 Å². The number of thiazole rings is 1. The first kappa shape index (κ1) is 19.1. The highest BCUT2D eigenvalue weighted by molar-refractivity contribution is 7.13. The van der Waals surface area contributed by atoms with Gasteiger partial charge in [-0.15, -0.1) is 11.3 Å². The van der Waals surface area contributed by atoms with Gasteiger partial charge in [-0.25, -0.2) is 4.98 Å². The molecule has 0 bridgehead atoms. The molecule has 0 saturated heterocycles. The summed E-state index contributed by atoms with van der Waals surface area (Å²) in [5, 5.41) is 8.66. The predicted molar refractivity (Wildman–Crippen MR) is 109 cm³/mol. The molecule has 7 heteroatoms. The van der Waals surface area contributed by atoms with Crippen molar-refractivity contribution in [2.45, 2.75) is 13.3 Å². The number of aromatic nitrogens is 1. The molecule has 0 radical (unpaired) electrons. The molecule has 0 saturated carbocycles. The number of amides is 2. The van der Waals surface area contributed by atoms with Crippen LogP contribution in [-0.2, 0) is 11.2 Å². The molecule has 0 spiro atoms. The van der Waals surface area contributed by atoms with Gasteiger partial charge in [0, 0.05) is 30.1 Å². The summed E-state index contributed by atoms with van der Waals surface area (Å²) < 4.78 is 0. The number of nitrogens with zero attached hydrogens (tertiary/aromatic N) is 1. The molecule has 1 aromatic heterocycles. The fraction of sp³-hybridized carbons (Fsp3) is 0.150. The number of carbonyl (C=O) groups excluding carboxylic acids is 2. The summed E-state index contributed by atoms with van der Waals surface area (Å²) in [4.78, 5) is 27.7. The lowest BCUT2D eigenvalue weighted by Crippen LogP contribution is -2.25. The predicted octanol–water partition coefficient (Wildman–Crippen LogP) is 4.39. The molecule has 5 nitrogen and oxygen atoms in total. The van der Waals surface area contributed by atoms with Crippen LogP contribution >= 0.6 is 22.9 Å². The van der Waals surface area contributed by atoms with E-state index in [-0.39, 0.29) is 11.8 Å². The highest BCUT2D eigenvalue weighted by atomic mass is 35.5. The lowest BCUT2D eigenvalue weighted by molar-refractivity contribution is -0.114. The maximum Gasteiger partial charge on any atom is 0.270 e. The van der Waals surface area contributed by atoms with E-state index in [4.69, 9.17) is 11.6 Å². The number of benzene rings is 2. The van der Waals surface area contributed by atoms with Crippen molar-refractivity contribution < 1.29 is 9.59 Å². The van der Waals surface area contributed by atoms with E-state index in [9.17, 15) is 9.59 Å². The minimum atomic E-state index is -0.209. The summed E-state index contributed by atoms with van der Waals surface area (Å²) in [6.45, 7) is 1.97. The van der Waals surface area contributed by atoms with Gasteiger partial charge < -0.3 is 10.6 Å². The quantitative estimate of drug-likeness (QED) is 0.645. The lowest BCUT2D eigenvalue weighted by Gasteiger charge is -2.06. The van der Waals surface area contributed by atoms with Crippen LogP contribution in [0.2, 0.25) is 5.02 Å². The number of hydrogen-bond donors (Lipinski definition) is 2. The van der Waals surface area contributed by atoms with E-state index in [0.717, 1.165) is 21.8 Å². The number of carbonyl (C=O) groups is 2. The van der Waals surface area contributed by atoms with Gasteiger partial charge in [-0.2, -0.15) is 0 Å². The molecule has 0 aliphatic heterocycles. The molecular formula is C20H18ClN3O2S. The third-order valence-corrected chi connectivity index (χ3v) is 5.02. The highest BCUT2D eigenvalue weighted by Crippen LogP contribution is 2.30. The van der Waals surface area contributed by atoms with Crippen LogP contribution in [0.4, 0.5) is 5.69 Å². The molecule has 27 heavy (non-hydrogen) atoms. The van der Waals surface area contributed by atoms with E-state index >= 15 is 0 Å². The normalized spacial score (nSPS) is 10.4. The number of rotatable bonds is 6. The molecule has 2 N–H and O–H groups in total. The number of hydrogen-bond acceptors (Lipinski definition) is 4. The van der Waals surface area contributed by atoms with Crippen LogP contribution in [0.1, 0.15) is 23.0 Å². The van der Waals surface area contributed by atoms with Gasteiger partial charge >= 0.3 is 0 Å². The Bertz CT molecular complexity index is 954. The van der Waals surface area contributed by atoms with Gasteiger partial charge in [0.2, 0.25) is 5.91 Å². The molecule has 0 atom stereocenters. The molecule has 2 amide bonds. The Morgan fingerprint density at radius 1 is 1.11 bits per heavy atom. The summed E-state index contributed by atoms with van der Waals surface area (Å²) in [5.74, 6) is -0.311. The summed E-state index contributed by atoms with van der Waals surface area (Å²) >= 11 is 7.57. The van der Waals surface area contributed by atoms with Gasteiger partial charge in [0.1, 0.15) is 10.7 Å². The monoisotopic (exact) mass is 399 g/mol. The average Bonchev–Trinajstić information content (AvgIpc) is 3.13. The molecule has 2 aromatic carbocycles. The summed E-state index contributed by atoms with van der Waals surface area (Å²) in [5.41, 5.74) is 3.03. The largest absolute Gasteiger partial charge is 0.350 e. The van der Waals surface area contributed by atoms with Gasteiger partial charge in [0.05, 0.1) is 5.02 Å². The van der Waals surface area contributed by atoms with Crippen LogP contribution in [0, 0.1) is 0 Å². The van der Waals surface area contributed by atoms with E-state index in [1.54, 1.807) is 11.4 Å². The molecule has 3 aromatic rings. The second-order valence-corrected chi connectivity index (χ2v) is 7.17. The Kier molecular flexibility index (Phi) is 6.21. The van der Waals surface area contributed by atoms with Crippen LogP contribution in [0.5, 0.6) is 0 Å². The standard InChI is InChI=1S/C20H18ClN3O2S/c1-13(25)23-15-8-6-14(7-9-15)10-11-22-19(26)18-12-27-20(24-18)16-4-2-3-5-17(16)21/h2-9,12H,10-11H2,1H3,(H,22,26)(H,23,25). The van der Waals surface area contributed by atoms with Crippen LogP contribution in [0.15, 0.2) is 53.9 Å². The van der Waals surface area contributed by atoms with Crippen molar-refractivity contribution in [1.29, 1.82) is 0 Å². The van der Waals surface area contributed by atoms with Crippen molar-refractivity contribution in [2.75, 3.05) is 11.9 Å². The van der Waals surface area contributed by atoms with E-state index in [2.05, 4.69) is 15.6 Å². The first-order valence-corrected chi connectivity index (χ1v) is 9.64. The van der Waals surface area contributed by atoms with E-state index < -0.39 is 0 Å². The maximum absolute atomic E-state index is 12.3. The number of anilines is 1. The average molecular weight is 400 g/mol. The third-order valence-electron chi connectivity index (χ3n) is 3.81. The van der Waals surface area contributed by atoms with Crippen LogP contribution in [-0.4, -0.2) is 23.3 Å². The lowest BCUT2D eigenvalue weighted by atomic mass is 10.1. The summed E-state index contributed by atoms with van der Waals surface area (Å²) in [6.07, 6.45) is 0.688. The zero-order valence-corrected chi connectivity index (χ0v) is 16.2. The summed E-state index contributed by atoms with van der Waals surface area (Å²) in [7, 11) is 0. The second-order valence-electron chi connectivity index (χ2n) is 5.90. The first-order valence-electron chi connectivity index (χ1n) is 8.38. The van der Waals surface area contributed by atoms with Crippen molar-refractivity contribution in [3.8, 4) is 10.6 Å². The topological polar surface area (TPSA) is 71.1 Å². The molecular weight excluding hydrogens is 382 g/mol. The maximum atomic E-state index is 12.3. The fourth-order valence-electron chi connectivity index (χ4n) is 2.51. The van der Waals surface area contributed by atoms with Crippen molar-refractivity contribution in [2.24, 2.45) is 0 Å². The van der Waals surface area contributed by atoms with Crippen LogP contribution < -0.4 is 10.6 Å². The minimum Gasteiger partial charge on any atom is -0.350 e. The van der Waals surface area contributed by atoms with Crippen molar-refractivity contribution in [3.63, 3.8) is 0 Å². The van der Waals surface area contributed by atoms with E-state index in [1.807, 2.05) is 42.5 Å². The SMILES string of the molecule is CC(=O)Nc1ccc(CCNC(=O)c2csc(-c3ccccc3Cl)n2)cc1. The molecule has 1 heterocycles. The van der Waals surface area contributed by atoms with Crippen molar-refractivity contribution >= 4 is 40.4 Å². The number of halogens is 1. The van der Waals surface area contributed by atoms with Gasteiger partial charge in [-0.3, -0.25) is 9.59 Å². The zero-order valence-electron chi connectivity index (χ0n) is 14.7. The van der Waals surface area contributed by atoms with Crippen LogP contribution in [0.25, 0.3) is 10.6 Å². The van der Waals surface area contributed by atoms with Crippen molar-refractivity contribution in [1.82, 2.24) is 10.3 Å². The number of nitrogens with one attached hydrogen (secondary N) is 2. The van der Waals surface area contributed by atoms with Gasteiger partial charge in [0.25, 0.3) is 5.91 Å². The Morgan fingerprint density at radius 2 is 1.85 bits per heavy atom. The second kappa shape index (κ2) is 8.79. The van der Waals surface area contributed by atoms with E-state index in [0.29, 0.717) is 23.7 Å². The summed E-state index contributed by atoms with van der Waals surface area (Å²) in [6, 6.07) is 15.0. The van der Waals surface area contributed by atoms with Crippen LogP contribution in [0.3, 0.4) is 0 Å². The Morgan fingerprint density at radius 3 is 2.56 bits per heavy atom. The fourth-order valence-corrected chi connectivity index (χ4v) is 3.63. The van der Waals surface area contributed by atoms with Gasteiger partial charge in [-0.1, -0.05) is 41.9 Å². The smallest absolute Gasteiger partial charge is 0.270 e. The molecule has 138 valence electrons. The highest BCUT2D eigenvalue weighted by Gasteiger charge is 2.13.